The minimum absolute atomic E-state index is 0.330. The van der Waals surface area contributed by atoms with Crippen LogP contribution in [0.5, 0.6) is 0 Å². The summed E-state index contributed by atoms with van der Waals surface area (Å²) in [6.07, 6.45) is 4.16. The Morgan fingerprint density at radius 3 is 2.57 bits per heavy atom. The molecule has 1 aliphatic rings. The van der Waals surface area contributed by atoms with Gasteiger partial charge < -0.3 is 15.3 Å². The molecule has 1 heterocycles. The minimum Gasteiger partial charge on any atom is -0.325 e. The van der Waals surface area contributed by atoms with Crippen LogP contribution in [0.2, 0.25) is 0 Å². The number of hydrogen-bond acceptors (Lipinski definition) is 4. The Labute approximate surface area is 133 Å². The third kappa shape index (κ3) is 3.64. The molecule has 124 valence electrons. The van der Waals surface area contributed by atoms with E-state index >= 15 is 0 Å². The van der Waals surface area contributed by atoms with Crippen LogP contribution in [0.3, 0.4) is 0 Å². The number of carbonyl (C=O) groups excluding carboxylic acids is 1. The highest BCUT2D eigenvalue weighted by Gasteiger charge is 2.29. The van der Waals surface area contributed by atoms with Crippen molar-refractivity contribution in [2.45, 2.75) is 37.4 Å². The summed E-state index contributed by atoms with van der Waals surface area (Å²) < 4.78 is 24.6. The molecule has 0 saturated heterocycles. The summed E-state index contributed by atoms with van der Waals surface area (Å²) in [5, 5.41) is 2.19. The summed E-state index contributed by atoms with van der Waals surface area (Å²) in [6, 6.07) is 4.87. The zero-order valence-electron chi connectivity index (χ0n) is 12.6. The van der Waals surface area contributed by atoms with Crippen molar-refractivity contribution in [3.05, 3.63) is 28.7 Å². The molecule has 2 aromatic rings. The Kier molecular flexibility index (Phi) is 4.25. The fourth-order valence-electron chi connectivity index (χ4n) is 3.03. The van der Waals surface area contributed by atoms with Crippen molar-refractivity contribution in [1.29, 1.82) is 0 Å². The summed E-state index contributed by atoms with van der Waals surface area (Å²) in [5.41, 5.74) is 1.31. The highest BCUT2D eigenvalue weighted by molar-refractivity contribution is 7.92. The number of nitrogens with one attached hydrogen (secondary N) is 3. The van der Waals surface area contributed by atoms with Gasteiger partial charge in [0.2, 0.25) is 5.91 Å². The molecule has 0 bridgehead atoms. The maximum absolute atomic E-state index is 12.3. The second-order valence-electron chi connectivity index (χ2n) is 5.95. The van der Waals surface area contributed by atoms with Gasteiger partial charge in [-0.25, -0.2) is 13.2 Å². The Morgan fingerprint density at radius 1 is 1.13 bits per heavy atom. The van der Waals surface area contributed by atoms with E-state index in [1.54, 1.807) is 18.2 Å². The number of aromatic nitrogens is 2. The molecule has 0 unspecified atom stereocenters. The number of aromatic amines is 2. The van der Waals surface area contributed by atoms with Crippen LogP contribution in [0.1, 0.15) is 32.1 Å². The summed E-state index contributed by atoms with van der Waals surface area (Å²) in [7, 11) is -3.42. The maximum Gasteiger partial charge on any atom is 0.323 e. The van der Waals surface area contributed by atoms with Crippen molar-refractivity contribution in [3.8, 4) is 0 Å². The molecule has 23 heavy (non-hydrogen) atoms. The quantitative estimate of drug-likeness (QED) is 0.785. The van der Waals surface area contributed by atoms with Crippen LogP contribution in [-0.2, 0) is 14.6 Å². The largest absolute Gasteiger partial charge is 0.325 e. The monoisotopic (exact) mass is 337 g/mol. The first kappa shape index (κ1) is 15.8. The molecule has 1 amide bonds. The highest BCUT2D eigenvalue weighted by atomic mass is 32.2. The molecule has 0 atom stereocenters. The van der Waals surface area contributed by atoms with Gasteiger partial charge in [0.1, 0.15) is 5.75 Å². The van der Waals surface area contributed by atoms with E-state index in [2.05, 4.69) is 15.3 Å². The van der Waals surface area contributed by atoms with Crippen molar-refractivity contribution in [2.24, 2.45) is 0 Å². The molecular formula is C15H19N3O4S. The lowest BCUT2D eigenvalue weighted by molar-refractivity contribution is -0.113. The Morgan fingerprint density at radius 2 is 1.83 bits per heavy atom. The van der Waals surface area contributed by atoms with Gasteiger partial charge in [0.15, 0.2) is 9.84 Å². The van der Waals surface area contributed by atoms with Crippen molar-refractivity contribution in [2.75, 3.05) is 11.1 Å². The van der Waals surface area contributed by atoms with E-state index in [4.69, 9.17) is 0 Å². The molecular weight excluding hydrogens is 318 g/mol. The van der Waals surface area contributed by atoms with Crippen molar-refractivity contribution < 1.29 is 13.2 Å². The molecule has 0 spiro atoms. The normalized spacial score (nSPS) is 16.5. The number of imidazole rings is 1. The molecule has 1 aromatic carbocycles. The molecule has 0 radical (unpaired) electrons. The SMILES string of the molecule is O=C(CS(=O)(=O)C1CCCCC1)Nc1ccc2[nH]c(=O)[nH]c2c1. The number of fused-ring (bicyclic) bond motifs is 1. The first-order valence-electron chi connectivity index (χ1n) is 7.67. The van der Waals surface area contributed by atoms with E-state index < -0.39 is 26.7 Å². The Balaban J connectivity index is 1.68. The van der Waals surface area contributed by atoms with Crippen LogP contribution >= 0.6 is 0 Å². The maximum atomic E-state index is 12.3. The van der Waals surface area contributed by atoms with Gasteiger partial charge in [0.05, 0.1) is 16.3 Å². The first-order valence-corrected chi connectivity index (χ1v) is 9.39. The lowest BCUT2D eigenvalue weighted by atomic mass is 10.0. The Hall–Kier alpha value is -2.09. The van der Waals surface area contributed by atoms with Crippen molar-refractivity contribution >= 4 is 32.5 Å². The van der Waals surface area contributed by atoms with Crippen LogP contribution < -0.4 is 11.0 Å². The number of benzene rings is 1. The van der Waals surface area contributed by atoms with Crippen molar-refractivity contribution in [1.82, 2.24) is 9.97 Å². The summed E-state index contributed by atoms with van der Waals surface area (Å²) in [6.45, 7) is 0. The lowest BCUT2D eigenvalue weighted by Crippen LogP contribution is -2.32. The van der Waals surface area contributed by atoms with E-state index in [0.717, 1.165) is 19.3 Å². The second kappa shape index (κ2) is 6.19. The Bertz CT molecular complexity index is 876. The van der Waals surface area contributed by atoms with E-state index in [1.165, 1.54) is 0 Å². The number of sulfone groups is 1. The predicted molar refractivity (Wildman–Crippen MR) is 88.2 cm³/mol. The highest BCUT2D eigenvalue weighted by Crippen LogP contribution is 2.24. The molecule has 1 aliphatic carbocycles. The van der Waals surface area contributed by atoms with Gasteiger partial charge in [-0.15, -0.1) is 0 Å². The van der Waals surface area contributed by atoms with E-state index in [1.807, 2.05) is 0 Å². The third-order valence-corrected chi connectivity index (χ3v) is 6.34. The van der Waals surface area contributed by atoms with E-state index in [0.29, 0.717) is 29.6 Å². The van der Waals surface area contributed by atoms with Crippen molar-refractivity contribution in [3.63, 3.8) is 0 Å². The molecule has 1 saturated carbocycles. The van der Waals surface area contributed by atoms with Gasteiger partial charge in [-0.05, 0) is 31.0 Å². The molecule has 3 rings (SSSR count). The van der Waals surface area contributed by atoms with E-state index in [-0.39, 0.29) is 5.69 Å². The van der Waals surface area contributed by atoms with Crippen LogP contribution in [0.15, 0.2) is 23.0 Å². The average molecular weight is 337 g/mol. The number of amides is 1. The molecule has 1 fully saturated rings. The van der Waals surface area contributed by atoms with Gasteiger partial charge in [0, 0.05) is 5.69 Å². The van der Waals surface area contributed by atoms with Crippen LogP contribution in [0.25, 0.3) is 11.0 Å². The van der Waals surface area contributed by atoms with Gasteiger partial charge in [-0.1, -0.05) is 19.3 Å². The molecule has 7 nitrogen and oxygen atoms in total. The zero-order valence-corrected chi connectivity index (χ0v) is 13.4. The third-order valence-electron chi connectivity index (χ3n) is 4.19. The van der Waals surface area contributed by atoms with Gasteiger partial charge >= 0.3 is 5.69 Å². The van der Waals surface area contributed by atoms with Crippen LogP contribution in [-0.4, -0.2) is 35.3 Å². The van der Waals surface area contributed by atoms with Gasteiger partial charge in [-0.3, -0.25) is 4.79 Å². The standard InChI is InChI=1S/C15H19N3O4S/c19-14(9-23(21,22)11-4-2-1-3-5-11)16-10-6-7-12-13(8-10)18-15(20)17-12/h6-8,11H,1-5,9H2,(H,16,19)(H2,17,18,20). The minimum atomic E-state index is -3.42. The number of carbonyl (C=O) groups is 1. The summed E-state index contributed by atoms with van der Waals surface area (Å²) >= 11 is 0. The fourth-order valence-corrected chi connectivity index (χ4v) is 4.76. The smallest absolute Gasteiger partial charge is 0.323 e. The van der Waals surface area contributed by atoms with Gasteiger partial charge in [0.25, 0.3) is 0 Å². The lowest BCUT2D eigenvalue weighted by Gasteiger charge is -2.21. The zero-order chi connectivity index (χ0) is 16.4. The first-order chi connectivity index (χ1) is 10.9. The van der Waals surface area contributed by atoms with Gasteiger partial charge in [-0.2, -0.15) is 0 Å². The fraction of sp³-hybridized carbons (Fsp3) is 0.467. The van der Waals surface area contributed by atoms with Crippen LogP contribution in [0.4, 0.5) is 5.69 Å². The molecule has 0 aliphatic heterocycles. The topological polar surface area (TPSA) is 112 Å². The number of H-pyrrole nitrogens is 2. The van der Waals surface area contributed by atoms with Crippen LogP contribution in [0, 0.1) is 0 Å². The molecule has 1 aromatic heterocycles. The predicted octanol–water partition coefficient (Wildman–Crippen LogP) is 1.54. The average Bonchev–Trinajstić information content (AvgIpc) is 2.87. The summed E-state index contributed by atoms with van der Waals surface area (Å²) in [4.78, 5) is 28.4. The molecule has 3 N–H and O–H groups in total. The number of rotatable bonds is 4. The number of hydrogen-bond donors (Lipinski definition) is 3. The van der Waals surface area contributed by atoms with E-state index in [9.17, 15) is 18.0 Å². The summed E-state index contributed by atoms with van der Waals surface area (Å²) in [5.74, 6) is -1.05. The second-order valence-corrected chi connectivity index (χ2v) is 8.24. The number of anilines is 1. The molecule has 8 heteroatoms.